The molecule has 120 valence electrons. The number of amides is 1. The van der Waals surface area contributed by atoms with Crippen molar-refractivity contribution < 1.29 is 19.4 Å². The minimum atomic E-state index is -0.216. The lowest BCUT2D eigenvalue weighted by Crippen LogP contribution is -2.29. The van der Waals surface area contributed by atoms with Gasteiger partial charge in [0, 0.05) is 12.7 Å². The zero-order valence-electron chi connectivity index (χ0n) is 12.8. The number of nitrogens with zero attached hydrogens (tertiary/aromatic N) is 2. The monoisotopic (exact) mass is 307 g/mol. The van der Waals surface area contributed by atoms with E-state index in [1.165, 1.54) is 0 Å². The number of aromatic nitrogens is 2. The van der Waals surface area contributed by atoms with Gasteiger partial charge in [-0.2, -0.15) is 0 Å². The van der Waals surface area contributed by atoms with Crippen molar-refractivity contribution in [3.8, 4) is 5.75 Å². The maximum atomic E-state index is 12.3. The van der Waals surface area contributed by atoms with Crippen molar-refractivity contribution in [1.82, 2.24) is 14.7 Å². The summed E-state index contributed by atoms with van der Waals surface area (Å²) in [4.78, 5) is 16.7. The summed E-state index contributed by atoms with van der Waals surface area (Å²) >= 11 is 0. The van der Waals surface area contributed by atoms with E-state index in [1.54, 1.807) is 17.5 Å². The van der Waals surface area contributed by atoms with Crippen LogP contribution in [0, 0.1) is 6.92 Å². The van der Waals surface area contributed by atoms with Crippen LogP contribution < -0.4 is 10.1 Å². The van der Waals surface area contributed by atoms with E-state index in [4.69, 9.17) is 14.6 Å². The van der Waals surface area contributed by atoms with E-state index in [-0.39, 0.29) is 19.1 Å². The fourth-order valence-corrected chi connectivity index (χ4v) is 2.18. The molecule has 0 bridgehead atoms. The molecular weight excluding hydrogens is 286 g/mol. The van der Waals surface area contributed by atoms with Crippen LogP contribution in [0.25, 0.3) is 5.65 Å². The number of carbonyl (C=O) groups excluding carboxylic acids is 1. The van der Waals surface area contributed by atoms with E-state index < -0.39 is 0 Å². The fraction of sp³-hybridized carbons (Fsp3) is 0.467. The molecule has 0 fully saturated rings. The van der Waals surface area contributed by atoms with Crippen molar-refractivity contribution in [3.05, 3.63) is 29.7 Å². The molecule has 1 amide bonds. The van der Waals surface area contributed by atoms with Crippen LogP contribution in [0.5, 0.6) is 5.75 Å². The van der Waals surface area contributed by atoms with Crippen molar-refractivity contribution >= 4 is 11.6 Å². The molecule has 2 aromatic rings. The van der Waals surface area contributed by atoms with Gasteiger partial charge in [-0.3, -0.25) is 9.20 Å². The van der Waals surface area contributed by atoms with E-state index in [1.807, 2.05) is 19.1 Å². The van der Waals surface area contributed by atoms with Gasteiger partial charge in [-0.05, 0) is 26.0 Å². The third-order valence-corrected chi connectivity index (χ3v) is 3.07. The third-order valence-electron chi connectivity index (χ3n) is 3.07. The molecule has 0 unspecified atom stereocenters. The Morgan fingerprint density at radius 2 is 2.27 bits per heavy atom. The number of hydrogen-bond acceptors (Lipinski definition) is 5. The summed E-state index contributed by atoms with van der Waals surface area (Å²) in [5.74, 6) is 0.435. The Labute approximate surface area is 128 Å². The fourth-order valence-electron chi connectivity index (χ4n) is 2.18. The van der Waals surface area contributed by atoms with E-state index in [0.717, 1.165) is 0 Å². The summed E-state index contributed by atoms with van der Waals surface area (Å²) < 4.78 is 12.4. The molecule has 0 aliphatic carbocycles. The maximum Gasteiger partial charge on any atom is 0.270 e. The minimum absolute atomic E-state index is 0.0273. The van der Waals surface area contributed by atoms with Crippen LogP contribution >= 0.6 is 0 Å². The van der Waals surface area contributed by atoms with E-state index in [2.05, 4.69) is 10.3 Å². The number of fused-ring (bicyclic) bond motifs is 1. The molecule has 0 radical (unpaired) electrons. The zero-order valence-corrected chi connectivity index (χ0v) is 12.8. The number of carbonyl (C=O) groups is 1. The average Bonchev–Trinajstić information content (AvgIpc) is 2.84. The lowest BCUT2D eigenvalue weighted by atomic mass is 10.3. The van der Waals surface area contributed by atoms with Crippen LogP contribution in [0.2, 0.25) is 0 Å². The molecule has 0 spiro atoms. The second-order valence-corrected chi connectivity index (χ2v) is 4.64. The molecule has 0 atom stereocenters. The van der Waals surface area contributed by atoms with Crippen LogP contribution in [-0.4, -0.2) is 53.4 Å². The van der Waals surface area contributed by atoms with E-state index in [0.29, 0.717) is 42.5 Å². The van der Waals surface area contributed by atoms with Gasteiger partial charge in [0.15, 0.2) is 11.4 Å². The Hall–Kier alpha value is -2.12. The second-order valence-electron chi connectivity index (χ2n) is 4.64. The van der Waals surface area contributed by atoms with Gasteiger partial charge >= 0.3 is 0 Å². The van der Waals surface area contributed by atoms with Crippen LogP contribution in [0.1, 0.15) is 23.1 Å². The van der Waals surface area contributed by atoms with Crippen molar-refractivity contribution in [2.45, 2.75) is 13.8 Å². The molecule has 0 aromatic carbocycles. The number of aliphatic hydroxyl groups excluding tert-OH is 1. The Bertz CT molecular complexity index is 639. The van der Waals surface area contributed by atoms with Crippen molar-refractivity contribution in [3.63, 3.8) is 0 Å². The topological polar surface area (TPSA) is 85.1 Å². The van der Waals surface area contributed by atoms with Gasteiger partial charge in [0.1, 0.15) is 5.69 Å². The Balaban J connectivity index is 2.15. The van der Waals surface area contributed by atoms with Gasteiger partial charge in [0.05, 0.1) is 32.1 Å². The Morgan fingerprint density at radius 3 is 3.00 bits per heavy atom. The lowest BCUT2D eigenvalue weighted by molar-refractivity contribution is 0.0834. The van der Waals surface area contributed by atoms with Gasteiger partial charge in [-0.25, -0.2) is 4.98 Å². The SMILES string of the molecule is CCOc1cccn2c(C(=O)NCCOCCO)c(C)nc12. The summed E-state index contributed by atoms with van der Waals surface area (Å²) in [6.45, 7) is 5.19. The molecule has 0 saturated heterocycles. The molecule has 0 aliphatic heterocycles. The van der Waals surface area contributed by atoms with E-state index >= 15 is 0 Å². The number of rotatable bonds is 8. The molecule has 2 aromatic heterocycles. The zero-order chi connectivity index (χ0) is 15.9. The Kier molecular flexibility index (Phi) is 5.74. The molecular formula is C15H21N3O4. The highest BCUT2D eigenvalue weighted by molar-refractivity contribution is 5.94. The summed E-state index contributed by atoms with van der Waals surface area (Å²) in [6.07, 6.45) is 1.79. The maximum absolute atomic E-state index is 12.3. The predicted molar refractivity (Wildman–Crippen MR) is 81.3 cm³/mol. The average molecular weight is 307 g/mol. The number of aryl methyl sites for hydroxylation is 1. The number of pyridine rings is 1. The largest absolute Gasteiger partial charge is 0.490 e. The number of hydrogen-bond donors (Lipinski definition) is 2. The summed E-state index contributed by atoms with van der Waals surface area (Å²) in [5.41, 5.74) is 1.75. The summed E-state index contributed by atoms with van der Waals surface area (Å²) in [7, 11) is 0. The highest BCUT2D eigenvalue weighted by Gasteiger charge is 2.18. The quantitative estimate of drug-likeness (QED) is 0.704. The van der Waals surface area contributed by atoms with Gasteiger partial charge < -0.3 is 19.9 Å². The molecule has 0 saturated carbocycles. The van der Waals surface area contributed by atoms with Crippen LogP contribution in [0.4, 0.5) is 0 Å². The number of imidazole rings is 1. The summed E-state index contributed by atoms with van der Waals surface area (Å²) in [6, 6.07) is 3.65. The lowest BCUT2D eigenvalue weighted by Gasteiger charge is -2.07. The first-order valence-electron chi connectivity index (χ1n) is 7.26. The minimum Gasteiger partial charge on any atom is -0.490 e. The van der Waals surface area contributed by atoms with Gasteiger partial charge in [-0.15, -0.1) is 0 Å². The molecule has 22 heavy (non-hydrogen) atoms. The predicted octanol–water partition coefficient (Wildman–Crippen LogP) is 0.780. The smallest absolute Gasteiger partial charge is 0.270 e. The van der Waals surface area contributed by atoms with Crippen LogP contribution in [-0.2, 0) is 4.74 Å². The normalized spacial score (nSPS) is 10.9. The molecule has 7 nitrogen and oxygen atoms in total. The van der Waals surface area contributed by atoms with E-state index in [9.17, 15) is 4.79 Å². The standard InChI is InChI=1S/C15H21N3O4/c1-3-22-12-5-4-7-18-13(11(2)17-14(12)18)15(20)16-6-9-21-10-8-19/h4-5,7,19H,3,6,8-10H2,1-2H3,(H,16,20). The van der Waals surface area contributed by atoms with Gasteiger partial charge in [0.25, 0.3) is 5.91 Å². The van der Waals surface area contributed by atoms with Gasteiger partial charge in [-0.1, -0.05) is 0 Å². The first-order valence-corrected chi connectivity index (χ1v) is 7.26. The highest BCUT2D eigenvalue weighted by Crippen LogP contribution is 2.21. The third kappa shape index (κ3) is 3.55. The molecule has 7 heteroatoms. The first-order chi connectivity index (χ1) is 10.7. The molecule has 2 rings (SSSR count). The van der Waals surface area contributed by atoms with Crippen molar-refractivity contribution in [2.24, 2.45) is 0 Å². The first kappa shape index (κ1) is 16.3. The van der Waals surface area contributed by atoms with Crippen LogP contribution in [0.15, 0.2) is 18.3 Å². The van der Waals surface area contributed by atoms with Crippen molar-refractivity contribution in [1.29, 1.82) is 0 Å². The number of aliphatic hydroxyl groups is 1. The van der Waals surface area contributed by atoms with Crippen molar-refractivity contribution in [2.75, 3.05) is 33.0 Å². The highest BCUT2D eigenvalue weighted by atomic mass is 16.5. The summed E-state index contributed by atoms with van der Waals surface area (Å²) in [5, 5.41) is 11.4. The van der Waals surface area contributed by atoms with Gasteiger partial charge in [0.2, 0.25) is 0 Å². The molecule has 2 heterocycles. The molecule has 2 N–H and O–H groups in total. The number of ether oxygens (including phenoxy) is 2. The van der Waals surface area contributed by atoms with Crippen LogP contribution in [0.3, 0.4) is 0 Å². The Morgan fingerprint density at radius 1 is 1.45 bits per heavy atom. The second kappa shape index (κ2) is 7.77. The molecule has 0 aliphatic rings. The number of nitrogens with one attached hydrogen (secondary N) is 1.